The van der Waals surface area contributed by atoms with Crippen LogP contribution in [0, 0.1) is 5.92 Å². The Kier molecular flexibility index (Phi) is 6.32. The van der Waals surface area contributed by atoms with Crippen LogP contribution in [0.25, 0.3) is 22.3 Å². The Morgan fingerprint density at radius 1 is 0.949 bits per heavy atom. The number of pyridine rings is 1. The van der Waals surface area contributed by atoms with Crippen molar-refractivity contribution in [2.45, 2.75) is 44.7 Å². The molecule has 2 saturated carbocycles. The summed E-state index contributed by atoms with van der Waals surface area (Å²) in [7, 11) is 0. The number of amides is 1. The molecule has 7 rings (SSSR count). The number of aromatic nitrogens is 5. The number of rotatable bonds is 8. The number of carbonyl (C=O) groups excluding carboxylic acids is 1. The zero-order chi connectivity index (χ0) is 26.2. The van der Waals surface area contributed by atoms with Crippen molar-refractivity contribution in [1.82, 2.24) is 34.7 Å². The number of nitrogens with zero attached hydrogens (tertiary/aromatic N) is 6. The first-order valence-corrected chi connectivity index (χ1v) is 14.0. The van der Waals surface area contributed by atoms with Gasteiger partial charge in [0.1, 0.15) is 18.0 Å². The van der Waals surface area contributed by atoms with E-state index in [2.05, 4.69) is 47.6 Å². The summed E-state index contributed by atoms with van der Waals surface area (Å²) in [5.41, 5.74) is 4.87. The van der Waals surface area contributed by atoms with Crippen LogP contribution in [0.4, 0.5) is 17.6 Å². The third-order valence-corrected chi connectivity index (χ3v) is 7.99. The number of hydrogen-bond donors (Lipinski definition) is 3. The quantitative estimate of drug-likeness (QED) is 0.315. The van der Waals surface area contributed by atoms with Gasteiger partial charge in [0.2, 0.25) is 11.9 Å². The molecular formula is C29H33N9O. The van der Waals surface area contributed by atoms with Gasteiger partial charge >= 0.3 is 0 Å². The molecular weight excluding hydrogens is 490 g/mol. The van der Waals surface area contributed by atoms with Gasteiger partial charge in [0.05, 0.1) is 16.7 Å². The molecule has 1 saturated heterocycles. The van der Waals surface area contributed by atoms with Crippen LogP contribution in [0.1, 0.15) is 37.7 Å². The number of fused-ring (bicyclic) bond motifs is 1. The zero-order valence-corrected chi connectivity index (χ0v) is 21.9. The van der Waals surface area contributed by atoms with Crippen molar-refractivity contribution in [2.75, 3.05) is 36.8 Å². The molecule has 0 unspecified atom stereocenters. The lowest BCUT2D eigenvalue weighted by Gasteiger charge is -2.34. The number of anilines is 3. The fourth-order valence-corrected chi connectivity index (χ4v) is 5.32. The summed E-state index contributed by atoms with van der Waals surface area (Å²) in [4.78, 5) is 38.2. The first-order chi connectivity index (χ1) is 19.2. The molecule has 3 aromatic heterocycles. The van der Waals surface area contributed by atoms with Crippen molar-refractivity contribution < 1.29 is 4.79 Å². The number of hydrogen-bond acceptors (Lipinski definition) is 8. The molecule has 0 spiro atoms. The van der Waals surface area contributed by atoms with E-state index in [-0.39, 0.29) is 0 Å². The second kappa shape index (κ2) is 10.3. The maximum Gasteiger partial charge on any atom is 0.225 e. The van der Waals surface area contributed by atoms with Gasteiger partial charge < -0.3 is 20.5 Å². The Labute approximate surface area is 227 Å². The van der Waals surface area contributed by atoms with Gasteiger partial charge in [-0.15, -0.1) is 0 Å². The first-order valence-electron chi connectivity index (χ1n) is 14.0. The lowest BCUT2D eigenvalue weighted by molar-refractivity contribution is -0.134. The van der Waals surface area contributed by atoms with Gasteiger partial charge in [0, 0.05) is 62.5 Å². The summed E-state index contributed by atoms with van der Waals surface area (Å²) < 4.78 is 0. The van der Waals surface area contributed by atoms with Crippen LogP contribution in [0.2, 0.25) is 0 Å². The van der Waals surface area contributed by atoms with Gasteiger partial charge in [-0.3, -0.25) is 9.69 Å². The molecule has 3 N–H and O–H groups in total. The monoisotopic (exact) mass is 523 g/mol. The van der Waals surface area contributed by atoms with Crippen molar-refractivity contribution in [1.29, 1.82) is 0 Å². The molecule has 1 amide bonds. The summed E-state index contributed by atoms with van der Waals surface area (Å²) in [6.07, 6.45) is 9.27. The molecule has 0 bridgehead atoms. The van der Waals surface area contributed by atoms with Crippen molar-refractivity contribution in [3.8, 4) is 11.3 Å². The molecule has 0 radical (unpaired) electrons. The van der Waals surface area contributed by atoms with E-state index in [4.69, 9.17) is 4.98 Å². The number of aromatic amines is 1. The minimum atomic E-state index is 0.300. The number of benzene rings is 1. The van der Waals surface area contributed by atoms with E-state index >= 15 is 0 Å². The molecule has 1 aliphatic heterocycles. The predicted molar refractivity (Wildman–Crippen MR) is 150 cm³/mol. The molecule has 3 fully saturated rings. The van der Waals surface area contributed by atoms with E-state index in [1.807, 2.05) is 35.4 Å². The highest BCUT2D eigenvalue weighted by molar-refractivity contribution is 5.83. The minimum absolute atomic E-state index is 0.300. The van der Waals surface area contributed by atoms with Crippen LogP contribution in [-0.4, -0.2) is 72.8 Å². The molecule has 1 aromatic carbocycles. The minimum Gasteiger partial charge on any atom is -0.367 e. The summed E-state index contributed by atoms with van der Waals surface area (Å²) in [5.74, 6) is 2.92. The smallest absolute Gasteiger partial charge is 0.225 e. The Hall–Kier alpha value is -4.05. The second-order valence-corrected chi connectivity index (χ2v) is 10.9. The van der Waals surface area contributed by atoms with Crippen LogP contribution < -0.4 is 10.6 Å². The molecule has 0 atom stereocenters. The summed E-state index contributed by atoms with van der Waals surface area (Å²) >= 11 is 0. The van der Waals surface area contributed by atoms with E-state index in [1.54, 1.807) is 6.33 Å². The number of piperazine rings is 1. The molecule has 39 heavy (non-hydrogen) atoms. The lowest BCUT2D eigenvalue weighted by atomic mass is 9.93. The van der Waals surface area contributed by atoms with Gasteiger partial charge in [-0.1, -0.05) is 6.07 Å². The molecule has 200 valence electrons. The maximum absolute atomic E-state index is 12.3. The molecule has 3 aliphatic rings. The standard InChI is InChI=1S/C29H33N9O/c39-28(20-4-5-20)38-12-10-37(11-13-38)17-19-8-9-30-26(14-19)36-29-34-23-7-6-21(15-25(23)35-29)24-16-27(32-18-31-24)33-22-2-1-3-22/h6-9,14-16,18,20,22H,1-5,10-13,17H2,(H,31,32,33)(H2,30,34,35,36). The number of nitrogens with one attached hydrogen (secondary N) is 3. The zero-order valence-electron chi connectivity index (χ0n) is 21.9. The van der Waals surface area contributed by atoms with Crippen LogP contribution in [0.15, 0.2) is 48.9 Å². The van der Waals surface area contributed by atoms with Crippen molar-refractivity contribution in [3.05, 3.63) is 54.5 Å². The van der Waals surface area contributed by atoms with Crippen LogP contribution in [-0.2, 0) is 11.3 Å². The molecule has 10 heteroatoms. The molecule has 4 heterocycles. The van der Waals surface area contributed by atoms with E-state index in [0.717, 1.165) is 79.5 Å². The van der Waals surface area contributed by atoms with Crippen molar-refractivity contribution in [3.63, 3.8) is 0 Å². The Balaban J connectivity index is 1.00. The average Bonchev–Trinajstić information content (AvgIpc) is 3.71. The van der Waals surface area contributed by atoms with Crippen LogP contribution in [0.5, 0.6) is 0 Å². The second-order valence-electron chi connectivity index (χ2n) is 10.9. The van der Waals surface area contributed by atoms with Crippen LogP contribution >= 0.6 is 0 Å². The SMILES string of the molecule is O=C(C1CC1)N1CCN(Cc2ccnc(Nc3nc4ccc(-c5cc(NC6CCC6)ncn5)cc4[nH]3)c2)CC1. The number of imidazole rings is 1. The lowest BCUT2D eigenvalue weighted by Crippen LogP contribution is -2.48. The highest BCUT2D eigenvalue weighted by Gasteiger charge is 2.34. The molecule has 10 nitrogen and oxygen atoms in total. The summed E-state index contributed by atoms with van der Waals surface area (Å²) in [6.45, 7) is 4.28. The third kappa shape index (κ3) is 5.42. The van der Waals surface area contributed by atoms with Crippen molar-refractivity contribution in [2.24, 2.45) is 5.92 Å². The van der Waals surface area contributed by atoms with Gasteiger partial charge in [-0.2, -0.15) is 0 Å². The Morgan fingerprint density at radius 3 is 2.62 bits per heavy atom. The molecule has 4 aromatic rings. The highest BCUT2D eigenvalue weighted by atomic mass is 16.2. The van der Waals surface area contributed by atoms with Crippen LogP contribution in [0.3, 0.4) is 0 Å². The van der Waals surface area contributed by atoms with E-state index in [1.165, 1.54) is 24.8 Å². The first kappa shape index (κ1) is 24.0. The van der Waals surface area contributed by atoms with Gasteiger partial charge in [0.25, 0.3) is 0 Å². The topological polar surface area (TPSA) is 115 Å². The number of carbonyl (C=O) groups is 1. The van der Waals surface area contributed by atoms with E-state index in [9.17, 15) is 4.79 Å². The fraction of sp³-hybridized carbons (Fsp3) is 0.414. The number of H-pyrrole nitrogens is 1. The fourth-order valence-electron chi connectivity index (χ4n) is 5.32. The Morgan fingerprint density at radius 2 is 1.82 bits per heavy atom. The largest absolute Gasteiger partial charge is 0.367 e. The van der Waals surface area contributed by atoms with Gasteiger partial charge in [0.15, 0.2) is 0 Å². The Bertz CT molecular complexity index is 1490. The van der Waals surface area contributed by atoms with E-state index < -0.39 is 0 Å². The predicted octanol–water partition coefficient (Wildman–Crippen LogP) is 4.18. The van der Waals surface area contributed by atoms with Gasteiger partial charge in [-0.05, 0) is 61.9 Å². The van der Waals surface area contributed by atoms with Gasteiger partial charge in [-0.25, -0.2) is 19.9 Å². The van der Waals surface area contributed by atoms with E-state index in [0.29, 0.717) is 23.8 Å². The summed E-state index contributed by atoms with van der Waals surface area (Å²) in [6, 6.07) is 12.8. The normalized spacial score (nSPS) is 18.2. The summed E-state index contributed by atoms with van der Waals surface area (Å²) in [5, 5.41) is 6.82. The molecule has 2 aliphatic carbocycles. The maximum atomic E-state index is 12.3. The van der Waals surface area contributed by atoms with Crippen molar-refractivity contribution >= 4 is 34.5 Å². The highest BCUT2D eigenvalue weighted by Crippen LogP contribution is 2.31. The third-order valence-electron chi connectivity index (χ3n) is 7.99. The average molecular weight is 524 g/mol.